The van der Waals surface area contributed by atoms with E-state index in [4.69, 9.17) is 4.98 Å². The van der Waals surface area contributed by atoms with Gasteiger partial charge in [-0.3, -0.25) is 0 Å². The van der Waals surface area contributed by atoms with Crippen LogP contribution in [-0.2, 0) is 0 Å². The number of nitrogens with one attached hydrogen (secondary N) is 1. The zero-order chi connectivity index (χ0) is 26.2. The Kier molecular flexibility index (Phi) is 6.99. The van der Waals surface area contributed by atoms with Crippen molar-refractivity contribution in [2.45, 2.75) is 83.5 Å². The van der Waals surface area contributed by atoms with Crippen LogP contribution in [0.5, 0.6) is 0 Å². The molecule has 1 saturated carbocycles. The highest BCUT2D eigenvalue weighted by Gasteiger charge is 2.26. The summed E-state index contributed by atoms with van der Waals surface area (Å²) in [7, 11) is 0. The third-order valence-corrected chi connectivity index (χ3v) is 8.53. The van der Waals surface area contributed by atoms with E-state index >= 15 is 4.39 Å². The molecule has 3 aromatic rings. The van der Waals surface area contributed by atoms with E-state index in [1.807, 2.05) is 24.4 Å². The van der Waals surface area contributed by atoms with E-state index in [2.05, 4.69) is 62.7 Å². The van der Waals surface area contributed by atoms with Crippen molar-refractivity contribution in [2.24, 2.45) is 9.98 Å². The second-order valence-corrected chi connectivity index (χ2v) is 11.3. The molecule has 7 nitrogen and oxygen atoms in total. The Labute approximate surface area is 224 Å². The van der Waals surface area contributed by atoms with Crippen molar-refractivity contribution in [3.63, 3.8) is 0 Å². The van der Waals surface area contributed by atoms with Crippen molar-refractivity contribution >= 4 is 28.5 Å². The molecule has 2 aromatic heterocycles. The average Bonchev–Trinajstić information content (AvgIpc) is 3.57. The van der Waals surface area contributed by atoms with E-state index in [0.717, 1.165) is 48.4 Å². The van der Waals surface area contributed by atoms with Crippen LogP contribution in [-0.4, -0.2) is 63.0 Å². The number of likely N-dealkylation sites (tertiary alicyclic amines) is 1. The molecule has 200 valence electrons. The average molecular weight is 516 g/mol. The van der Waals surface area contributed by atoms with Gasteiger partial charge in [-0.1, -0.05) is 25.0 Å². The predicted molar refractivity (Wildman–Crippen MR) is 152 cm³/mol. The number of nitrogens with zero attached hydrogens (tertiary/aromatic N) is 6. The maximum absolute atomic E-state index is 15.1. The van der Waals surface area contributed by atoms with E-state index in [0.29, 0.717) is 35.5 Å². The highest BCUT2D eigenvalue weighted by atomic mass is 19.1. The van der Waals surface area contributed by atoms with Gasteiger partial charge >= 0.3 is 0 Å². The minimum absolute atomic E-state index is 0.0482. The highest BCUT2D eigenvalue weighted by molar-refractivity contribution is 6.14. The number of imidazole rings is 1. The standard InChI is InChI=1S/C30H38FN7/c1-19(2)37-14-12-21(13-15-37)23-9-11-28(32-17-23)35-30-33-18-25(31)29(36-30)22-8-10-26-27(16-22)38(20(3)34-26)24-6-4-5-7-24/h8-11,16-17,19,21,24-25H,4-7,12-15,18H2,1-3H3,(H,32,33,35). The second-order valence-electron chi connectivity index (χ2n) is 11.3. The largest absolute Gasteiger partial charge is 0.325 e. The van der Waals surface area contributed by atoms with Gasteiger partial charge in [0, 0.05) is 23.8 Å². The molecule has 2 aliphatic heterocycles. The number of rotatable bonds is 5. The smallest absolute Gasteiger partial charge is 0.224 e. The SMILES string of the molecule is Cc1nc2ccc(C3=NC(Nc4ccc(C5CCN(C(C)C)CC5)cn4)=NCC3F)cc2n1C1CCCC1. The molecule has 0 spiro atoms. The Morgan fingerprint density at radius 2 is 1.82 bits per heavy atom. The van der Waals surface area contributed by atoms with E-state index < -0.39 is 6.17 Å². The minimum atomic E-state index is -1.24. The number of pyridine rings is 1. The second kappa shape index (κ2) is 10.6. The first-order valence-electron chi connectivity index (χ1n) is 14.2. The van der Waals surface area contributed by atoms with Crippen LogP contribution in [0.4, 0.5) is 10.2 Å². The summed E-state index contributed by atoms with van der Waals surface area (Å²) in [6.07, 6.45) is 7.89. The van der Waals surface area contributed by atoms with Gasteiger partial charge in [0.05, 0.1) is 23.3 Å². The lowest BCUT2D eigenvalue weighted by Gasteiger charge is -2.34. The number of benzene rings is 1. The number of anilines is 1. The fourth-order valence-electron chi connectivity index (χ4n) is 6.37. The van der Waals surface area contributed by atoms with Crippen LogP contribution in [0, 0.1) is 6.92 Å². The van der Waals surface area contributed by atoms with Crippen molar-refractivity contribution in [3.8, 4) is 0 Å². The summed E-state index contributed by atoms with van der Waals surface area (Å²) in [6.45, 7) is 8.91. The Hall–Kier alpha value is -3.13. The number of piperidine rings is 1. The van der Waals surface area contributed by atoms with E-state index in [1.165, 1.54) is 31.2 Å². The van der Waals surface area contributed by atoms with Crippen LogP contribution in [0.1, 0.15) is 81.3 Å². The van der Waals surface area contributed by atoms with Gasteiger partial charge in [-0.15, -0.1) is 0 Å². The van der Waals surface area contributed by atoms with Gasteiger partial charge in [0.25, 0.3) is 0 Å². The zero-order valence-corrected chi connectivity index (χ0v) is 22.7. The van der Waals surface area contributed by atoms with Crippen LogP contribution >= 0.6 is 0 Å². The molecule has 0 bridgehead atoms. The van der Waals surface area contributed by atoms with Crippen molar-refractivity contribution in [2.75, 3.05) is 25.0 Å². The van der Waals surface area contributed by atoms with E-state index in [1.54, 1.807) is 0 Å². The number of fused-ring (bicyclic) bond motifs is 1. The number of aromatic nitrogens is 3. The molecule has 1 aromatic carbocycles. The first-order chi connectivity index (χ1) is 18.5. The molecule has 3 aliphatic rings. The van der Waals surface area contributed by atoms with Crippen LogP contribution < -0.4 is 5.32 Å². The summed E-state index contributed by atoms with van der Waals surface area (Å²) < 4.78 is 17.4. The maximum atomic E-state index is 15.1. The number of alkyl halides is 1. The van der Waals surface area contributed by atoms with Gasteiger partial charge in [-0.05, 0) is 89.2 Å². The molecule has 8 heteroatoms. The lowest BCUT2D eigenvalue weighted by molar-refractivity contribution is 0.172. The monoisotopic (exact) mass is 515 g/mol. The first-order valence-corrected chi connectivity index (χ1v) is 14.2. The summed E-state index contributed by atoms with van der Waals surface area (Å²) >= 11 is 0. The normalized spacial score (nSPS) is 21.8. The zero-order valence-electron chi connectivity index (χ0n) is 22.7. The van der Waals surface area contributed by atoms with Crippen molar-refractivity contribution in [1.29, 1.82) is 0 Å². The Bertz CT molecular complexity index is 1340. The van der Waals surface area contributed by atoms with Gasteiger partial charge in [0.2, 0.25) is 5.96 Å². The number of hydrogen-bond acceptors (Lipinski definition) is 6. The lowest BCUT2D eigenvalue weighted by Crippen LogP contribution is -2.37. The van der Waals surface area contributed by atoms with Crippen molar-refractivity contribution < 1.29 is 4.39 Å². The molecule has 1 N–H and O–H groups in total. The van der Waals surface area contributed by atoms with Crippen LogP contribution in [0.3, 0.4) is 0 Å². The molecule has 1 atom stereocenters. The summed E-state index contributed by atoms with van der Waals surface area (Å²) in [4.78, 5) is 20.9. The van der Waals surface area contributed by atoms with Crippen molar-refractivity contribution in [3.05, 3.63) is 53.5 Å². The van der Waals surface area contributed by atoms with Crippen LogP contribution in [0.25, 0.3) is 11.0 Å². The molecule has 1 unspecified atom stereocenters. The van der Waals surface area contributed by atoms with Gasteiger partial charge < -0.3 is 14.8 Å². The lowest BCUT2D eigenvalue weighted by atomic mass is 9.90. The number of aliphatic imine (C=N–C) groups is 2. The summed E-state index contributed by atoms with van der Waals surface area (Å²) in [5.41, 5.74) is 4.50. The third kappa shape index (κ3) is 4.98. The molecule has 1 saturated heterocycles. The third-order valence-electron chi connectivity index (χ3n) is 8.53. The van der Waals surface area contributed by atoms with E-state index in [-0.39, 0.29) is 6.54 Å². The highest BCUT2D eigenvalue weighted by Crippen LogP contribution is 2.34. The molecule has 1 aliphatic carbocycles. The maximum Gasteiger partial charge on any atom is 0.224 e. The Morgan fingerprint density at radius 3 is 2.53 bits per heavy atom. The fourth-order valence-corrected chi connectivity index (χ4v) is 6.37. The van der Waals surface area contributed by atoms with Crippen LogP contribution in [0.2, 0.25) is 0 Å². The van der Waals surface area contributed by atoms with Crippen molar-refractivity contribution in [1.82, 2.24) is 19.4 Å². The molecule has 38 heavy (non-hydrogen) atoms. The van der Waals surface area contributed by atoms with Gasteiger partial charge in [-0.2, -0.15) is 0 Å². The number of guanidine groups is 1. The molecule has 0 amide bonds. The predicted octanol–water partition coefficient (Wildman–Crippen LogP) is 6.05. The number of halogens is 1. The summed E-state index contributed by atoms with van der Waals surface area (Å²) in [5, 5.41) is 3.21. The Balaban J connectivity index is 1.19. The Morgan fingerprint density at radius 1 is 1.03 bits per heavy atom. The first kappa shape index (κ1) is 25.2. The molecule has 4 heterocycles. The number of hydrogen-bond donors (Lipinski definition) is 1. The minimum Gasteiger partial charge on any atom is -0.325 e. The topological polar surface area (TPSA) is 70.7 Å². The molecule has 0 radical (unpaired) electrons. The van der Waals surface area contributed by atoms with E-state index in [9.17, 15) is 0 Å². The molecular weight excluding hydrogens is 477 g/mol. The van der Waals surface area contributed by atoms with Gasteiger partial charge in [-0.25, -0.2) is 24.3 Å². The quantitative estimate of drug-likeness (QED) is 0.449. The summed E-state index contributed by atoms with van der Waals surface area (Å²) in [6, 6.07) is 11.2. The summed E-state index contributed by atoms with van der Waals surface area (Å²) in [5.74, 6) is 2.65. The van der Waals surface area contributed by atoms with Crippen LogP contribution in [0.15, 0.2) is 46.5 Å². The molecule has 2 fully saturated rings. The van der Waals surface area contributed by atoms with Gasteiger partial charge in [0.15, 0.2) is 6.17 Å². The molecule has 6 rings (SSSR count). The number of aryl methyl sites for hydroxylation is 1. The van der Waals surface area contributed by atoms with Gasteiger partial charge in [0.1, 0.15) is 11.6 Å². The fraction of sp³-hybridized carbons (Fsp3) is 0.533. The molecular formula is C30H38FN7.